The van der Waals surface area contributed by atoms with Crippen molar-refractivity contribution < 1.29 is 9.18 Å². The van der Waals surface area contributed by atoms with Gasteiger partial charge in [-0.3, -0.25) is 4.79 Å². The van der Waals surface area contributed by atoms with Gasteiger partial charge in [-0.15, -0.1) is 0 Å². The Kier molecular flexibility index (Phi) is 3.65. The predicted octanol–water partition coefficient (Wildman–Crippen LogP) is 4.14. The number of carbonyl (C=O) groups excluding carboxylic acids is 1. The summed E-state index contributed by atoms with van der Waals surface area (Å²) in [6.07, 6.45) is 3.21. The Morgan fingerprint density at radius 3 is 2.95 bits per heavy atom. The number of hydrogen-bond acceptors (Lipinski definition) is 2. The van der Waals surface area contributed by atoms with Crippen molar-refractivity contribution in [2.24, 2.45) is 0 Å². The molecule has 0 fully saturated rings. The lowest BCUT2D eigenvalue weighted by Crippen LogP contribution is -2.12. The van der Waals surface area contributed by atoms with Crippen LogP contribution in [0.4, 0.5) is 10.1 Å². The van der Waals surface area contributed by atoms with E-state index in [9.17, 15) is 9.18 Å². The zero-order valence-corrected chi connectivity index (χ0v) is 12.8. The van der Waals surface area contributed by atoms with Crippen LogP contribution in [0.15, 0.2) is 47.2 Å². The van der Waals surface area contributed by atoms with E-state index >= 15 is 0 Å². The third kappa shape index (κ3) is 2.64. The minimum absolute atomic E-state index is 0.117. The van der Waals surface area contributed by atoms with Gasteiger partial charge in [-0.1, -0.05) is 17.7 Å². The van der Waals surface area contributed by atoms with Crippen LogP contribution in [0.25, 0.3) is 5.52 Å². The second kappa shape index (κ2) is 5.46. The van der Waals surface area contributed by atoms with Crippen molar-refractivity contribution in [1.82, 2.24) is 9.61 Å². The fourth-order valence-corrected chi connectivity index (χ4v) is 2.85. The first kappa shape index (κ1) is 14.0. The van der Waals surface area contributed by atoms with E-state index in [4.69, 9.17) is 11.6 Å². The molecule has 0 saturated heterocycles. The van der Waals surface area contributed by atoms with Gasteiger partial charge in [-0.25, -0.2) is 8.91 Å². The summed E-state index contributed by atoms with van der Waals surface area (Å²) >= 11 is 9.13. The molecule has 106 valence electrons. The third-order valence-corrected chi connectivity index (χ3v) is 3.84. The maximum absolute atomic E-state index is 13.2. The molecule has 3 aromatic rings. The number of rotatable bonds is 2. The fourth-order valence-electron chi connectivity index (χ4n) is 1.95. The quantitative estimate of drug-likeness (QED) is 0.739. The molecule has 0 aliphatic carbocycles. The lowest BCUT2D eigenvalue weighted by Gasteiger charge is -2.09. The van der Waals surface area contributed by atoms with Gasteiger partial charge in [0.2, 0.25) is 0 Å². The highest BCUT2D eigenvalue weighted by Gasteiger charge is 2.16. The lowest BCUT2D eigenvalue weighted by molar-refractivity contribution is 0.102. The van der Waals surface area contributed by atoms with Gasteiger partial charge in [0.15, 0.2) is 0 Å². The normalized spacial score (nSPS) is 10.8. The smallest absolute Gasteiger partial charge is 0.259 e. The third-order valence-electron chi connectivity index (χ3n) is 2.92. The Labute approximate surface area is 132 Å². The van der Waals surface area contributed by atoms with Crippen LogP contribution in [0.5, 0.6) is 0 Å². The summed E-state index contributed by atoms with van der Waals surface area (Å²) in [4.78, 5) is 12.3. The SMILES string of the molecule is O=C(Nc1c(Cl)cc(F)cc1Br)c1cnn2ccccc12. The number of amides is 1. The standard InChI is InChI=1S/C14H8BrClFN3O/c15-10-5-8(17)6-11(16)13(10)19-14(21)9-7-18-20-4-2-1-3-12(9)20/h1-7H,(H,19,21). The van der Waals surface area contributed by atoms with Crippen molar-refractivity contribution in [2.75, 3.05) is 5.32 Å². The zero-order valence-electron chi connectivity index (χ0n) is 10.5. The second-order valence-corrected chi connectivity index (χ2v) is 5.55. The molecule has 0 radical (unpaired) electrons. The van der Waals surface area contributed by atoms with Gasteiger partial charge in [0.05, 0.1) is 28.0 Å². The van der Waals surface area contributed by atoms with Crippen molar-refractivity contribution >= 4 is 44.6 Å². The minimum Gasteiger partial charge on any atom is -0.320 e. The number of pyridine rings is 1. The number of hydrogen-bond donors (Lipinski definition) is 1. The molecule has 21 heavy (non-hydrogen) atoms. The molecule has 0 spiro atoms. The Balaban J connectivity index is 1.97. The summed E-state index contributed by atoms with van der Waals surface area (Å²) in [5.74, 6) is -0.855. The highest BCUT2D eigenvalue weighted by Crippen LogP contribution is 2.32. The zero-order chi connectivity index (χ0) is 15.0. The molecule has 0 aliphatic heterocycles. The number of anilines is 1. The number of benzene rings is 1. The molecule has 4 nitrogen and oxygen atoms in total. The van der Waals surface area contributed by atoms with E-state index in [-0.39, 0.29) is 10.9 Å². The number of aromatic nitrogens is 2. The van der Waals surface area contributed by atoms with Crippen molar-refractivity contribution in [3.8, 4) is 0 Å². The van der Waals surface area contributed by atoms with Crippen LogP contribution in [0.3, 0.4) is 0 Å². The van der Waals surface area contributed by atoms with Crippen LogP contribution >= 0.6 is 27.5 Å². The molecular weight excluding hydrogens is 361 g/mol. The van der Waals surface area contributed by atoms with Crippen LogP contribution in [-0.4, -0.2) is 15.5 Å². The summed E-state index contributed by atoms with van der Waals surface area (Å²) in [5, 5.41) is 6.87. The maximum atomic E-state index is 13.2. The average molecular weight is 369 g/mol. The van der Waals surface area contributed by atoms with Crippen LogP contribution in [0, 0.1) is 5.82 Å². The first-order valence-corrected chi connectivity index (χ1v) is 7.11. The Morgan fingerprint density at radius 1 is 1.38 bits per heavy atom. The summed E-state index contributed by atoms with van der Waals surface area (Å²) in [6, 6.07) is 7.78. The van der Waals surface area contributed by atoms with Crippen molar-refractivity contribution in [1.29, 1.82) is 0 Å². The number of halogens is 3. The van der Waals surface area contributed by atoms with Gasteiger partial charge in [-0.05, 0) is 40.2 Å². The largest absolute Gasteiger partial charge is 0.320 e. The van der Waals surface area contributed by atoms with Gasteiger partial charge >= 0.3 is 0 Å². The van der Waals surface area contributed by atoms with E-state index in [2.05, 4.69) is 26.3 Å². The molecule has 0 bridgehead atoms. The van der Waals surface area contributed by atoms with E-state index < -0.39 is 5.82 Å². The van der Waals surface area contributed by atoms with Gasteiger partial charge in [0.1, 0.15) is 5.82 Å². The van der Waals surface area contributed by atoms with Gasteiger partial charge in [-0.2, -0.15) is 5.10 Å². The highest BCUT2D eigenvalue weighted by atomic mass is 79.9. The Bertz CT molecular complexity index is 826. The number of nitrogens with zero attached hydrogens (tertiary/aromatic N) is 2. The van der Waals surface area contributed by atoms with E-state index in [1.807, 2.05) is 12.1 Å². The first-order chi connectivity index (χ1) is 10.1. The first-order valence-electron chi connectivity index (χ1n) is 5.94. The van der Waals surface area contributed by atoms with E-state index in [0.29, 0.717) is 21.2 Å². The molecule has 1 amide bonds. The molecule has 1 aromatic carbocycles. The Hall–Kier alpha value is -1.92. The molecule has 0 unspecified atom stereocenters. The lowest BCUT2D eigenvalue weighted by atomic mass is 10.2. The number of fused-ring (bicyclic) bond motifs is 1. The monoisotopic (exact) mass is 367 g/mol. The highest BCUT2D eigenvalue weighted by molar-refractivity contribution is 9.10. The van der Waals surface area contributed by atoms with Crippen LogP contribution < -0.4 is 5.32 Å². The van der Waals surface area contributed by atoms with Crippen molar-refractivity contribution in [3.63, 3.8) is 0 Å². The molecule has 0 atom stereocenters. The van der Waals surface area contributed by atoms with Crippen LogP contribution in [0.2, 0.25) is 5.02 Å². The number of carbonyl (C=O) groups is 1. The molecule has 2 aromatic heterocycles. The van der Waals surface area contributed by atoms with Gasteiger partial charge in [0, 0.05) is 10.7 Å². The van der Waals surface area contributed by atoms with Crippen LogP contribution in [0.1, 0.15) is 10.4 Å². The van der Waals surface area contributed by atoms with E-state index in [1.165, 1.54) is 12.3 Å². The van der Waals surface area contributed by atoms with E-state index in [0.717, 1.165) is 6.07 Å². The second-order valence-electron chi connectivity index (χ2n) is 4.29. The summed E-state index contributed by atoms with van der Waals surface area (Å²) in [7, 11) is 0. The average Bonchev–Trinajstić information content (AvgIpc) is 2.86. The van der Waals surface area contributed by atoms with Crippen LogP contribution in [-0.2, 0) is 0 Å². The topological polar surface area (TPSA) is 46.4 Å². The van der Waals surface area contributed by atoms with Gasteiger partial charge < -0.3 is 5.32 Å². The summed E-state index contributed by atoms with van der Waals surface area (Å²) in [6.45, 7) is 0. The molecule has 2 heterocycles. The molecule has 0 aliphatic rings. The molecule has 0 saturated carbocycles. The maximum Gasteiger partial charge on any atom is 0.259 e. The molecule has 1 N–H and O–H groups in total. The summed E-state index contributed by atoms with van der Waals surface area (Å²) in [5.41, 5.74) is 1.39. The molecule has 3 rings (SSSR count). The van der Waals surface area contributed by atoms with Crippen molar-refractivity contribution in [3.05, 3.63) is 63.6 Å². The Morgan fingerprint density at radius 2 is 2.19 bits per heavy atom. The van der Waals surface area contributed by atoms with Crippen molar-refractivity contribution in [2.45, 2.75) is 0 Å². The summed E-state index contributed by atoms with van der Waals surface area (Å²) < 4.78 is 15.2. The minimum atomic E-state index is -0.485. The molecular formula is C14H8BrClFN3O. The van der Waals surface area contributed by atoms with Gasteiger partial charge in [0.25, 0.3) is 5.91 Å². The fraction of sp³-hybridized carbons (Fsp3) is 0. The number of nitrogens with one attached hydrogen (secondary N) is 1. The predicted molar refractivity (Wildman–Crippen MR) is 82.3 cm³/mol. The molecule has 7 heteroatoms. The van der Waals surface area contributed by atoms with E-state index in [1.54, 1.807) is 16.8 Å².